The number of ether oxygens (including phenoxy) is 1. The van der Waals surface area contributed by atoms with E-state index < -0.39 is 0 Å². The summed E-state index contributed by atoms with van der Waals surface area (Å²) in [4.78, 5) is 2.39. The Morgan fingerprint density at radius 3 is 2.50 bits per heavy atom. The van der Waals surface area contributed by atoms with Crippen LogP contribution in [0.2, 0.25) is 0 Å². The highest BCUT2D eigenvalue weighted by atomic mass is 16.5. The Morgan fingerprint density at radius 1 is 1.43 bits per heavy atom. The van der Waals surface area contributed by atoms with Crippen molar-refractivity contribution in [3.8, 4) is 0 Å². The van der Waals surface area contributed by atoms with Gasteiger partial charge in [-0.3, -0.25) is 10.3 Å². The maximum atomic E-state index is 7.13. The van der Waals surface area contributed by atoms with Gasteiger partial charge in [0.05, 0.1) is 18.0 Å². The smallest absolute Gasteiger partial charge is 0.0905 e. The van der Waals surface area contributed by atoms with Crippen molar-refractivity contribution >= 4 is 5.84 Å². The van der Waals surface area contributed by atoms with Gasteiger partial charge in [-0.2, -0.15) is 0 Å². The number of nitrogens with two attached hydrogens (primary N) is 1. The Kier molecular flexibility index (Phi) is 4.35. The summed E-state index contributed by atoms with van der Waals surface area (Å²) in [7, 11) is 0. The molecule has 0 aromatic carbocycles. The fraction of sp³-hybridized carbons (Fsp3) is 0.900. The lowest BCUT2D eigenvalue weighted by Crippen LogP contribution is -2.45. The SMILES string of the molecule is CC1CN(CCCC(=N)N)CC(C)O1. The first kappa shape index (κ1) is 11.5. The van der Waals surface area contributed by atoms with Gasteiger partial charge in [-0.1, -0.05) is 0 Å². The zero-order valence-electron chi connectivity index (χ0n) is 9.12. The molecule has 1 aliphatic heterocycles. The van der Waals surface area contributed by atoms with Gasteiger partial charge in [-0.05, 0) is 26.8 Å². The number of rotatable bonds is 4. The number of hydrogen-bond donors (Lipinski definition) is 2. The van der Waals surface area contributed by atoms with E-state index in [1.165, 1.54) is 0 Å². The number of hydrogen-bond acceptors (Lipinski definition) is 3. The van der Waals surface area contributed by atoms with Crippen LogP contribution in [0.15, 0.2) is 0 Å². The van der Waals surface area contributed by atoms with Crippen LogP contribution in [0.1, 0.15) is 26.7 Å². The van der Waals surface area contributed by atoms with Gasteiger partial charge in [-0.15, -0.1) is 0 Å². The summed E-state index contributed by atoms with van der Waals surface area (Å²) in [6, 6.07) is 0. The van der Waals surface area contributed by atoms with E-state index in [0.29, 0.717) is 24.5 Å². The first-order valence-electron chi connectivity index (χ1n) is 5.28. The molecule has 82 valence electrons. The van der Waals surface area contributed by atoms with E-state index in [1.54, 1.807) is 0 Å². The normalized spacial score (nSPS) is 29.0. The molecule has 1 aliphatic rings. The molecular weight excluding hydrogens is 178 g/mol. The van der Waals surface area contributed by atoms with Crippen molar-refractivity contribution in [3.63, 3.8) is 0 Å². The van der Waals surface area contributed by atoms with Crippen molar-refractivity contribution < 1.29 is 4.74 Å². The van der Waals surface area contributed by atoms with E-state index in [2.05, 4.69) is 18.7 Å². The summed E-state index contributed by atoms with van der Waals surface area (Å²) in [6.45, 7) is 7.24. The van der Waals surface area contributed by atoms with E-state index in [4.69, 9.17) is 15.9 Å². The summed E-state index contributed by atoms with van der Waals surface area (Å²) in [5, 5.41) is 7.13. The molecule has 0 saturated carbocycles. The third-order valence-electron chi connectivity index (χ3n) is 2.42. The van der Waals surface area contributed by atoms with Crippen LogP contribution < -0.4 is 5.73 Å². The molecule has 4 nitrogen and oxygen atoms in total. The molecule has 3 N–H and O–H groups in total. The highest BCUT2D eigenvalue weighted by Gasteiger charge is 2.21. The van der Waals surface area contributed by atoms with Gasteiger partial charge < -0.3 is 10.5 Å². The first-order chi connectivity index (χ1) is 6.58. The van der Waals surface area contributed by atoms with Crippen LogP contribution in [0.25, 0.3) is 0 Å². The number of nitrogens with one attached hydrogen (secondary N) is 1. The molecule has 1 saturated heterocycles. The van der Waals surface area contributed by atoms with Crippen LogP contribution in [0, 0.1) is 5.41 Å². The van der Waals surface area contributed by atoms with Gasteiger partial charge in [0.15, 0.2) is 0 Å². The highest BCUT2D eigenvalue weighted by molar-refractivity contribution is 5.76. The summed E-state index contributed by atoms with van der Waals surface area (Å²) in [5.74, 6) is 0.291. The van der Waals surface area contributed by atoms with Crippen LogP contribution in [-0.2, 0) is 4.74 Å². The summed E-state index contributed by atoms with van der Waals surface area (Å²) >= 11 is 0. The Bertz CT molecular complexity index is 186. The lowest BCUT2D eigenvalue weighted by molar-refractivity contribution is -0.0679. The summed E-state index contributed by atoms with van der Waals surface area (Å²) < 4.78 is 5.64. The molecule has 0 radical (unpaired) electrons. The fourth-order valence-corrected chi connectivity index (χ4v) is 1.96. The average Bonchev–Trinajstić information content (AvgIpc) is 2.01. The van der Waals surface area contributed by atoms with Crippen molar-refractivity contribution in [1.29, 1.82) is 5.41 Å². The van der Waals surface area contributed by atoms with E-state index >= 15 is 0 Å². The minimum Gasteiger partial charge on any atom is -0.388 e. The van der Waals surface area contributed by atoms with E-state index in [-0.39, 0.29) is 0 Å². The maximum Gasteiger partial charge on any atom is 0.0905 e. The molecule has 0 spiro atoms. The monoisotopic (exact) mass is 199 g/mol. The quantitative estimate of drug-likeness (QED) is 0.520. The Balaban J connectivity index is 2.20. The molecule has 0 aromatic rings. The molecule has 0 aromatic heterocycles. The Labute approximate surface area is 85.9 Å². The highest BCUT2D eigenvalue weighted by Crippen LogP contribution is 2.10. The Morgan fingerprint density at radius 2 is 2.00 bits per heavy atom. The van der Waals surface area contributed by atoms with Crippen LogP contribution in [0.4, 0.5) is 0 Å². The average molecular weight is 199 g/mol. The van der Waals surface area contributed by atoms with Gasteiger partial charge >= 0.3 is 0 Å². The molecule has 2 unspecified atom stereocenters. The molecule has 0 aliphatic carbocycles. The van der Waals surface area contributed by atoms with Crippen molar-refractivity contribution in [3.05, 3.63) is 0 Å². The fourth-order valence-electron chi connectivity index (χ4n) is 1.96. The van der Waals surface area contributed by atoms with Crippen LogP contribution in [0.5, 0.6) is 0 Å². The van der Waals surface area contributed by atoms with Crippen LogP contribution in [-0.4, -0.2) is 42.6 Å². The topological polar surface area (TPSA) is 62.3 Å². The maximum absolute atomic E-state index is 7.13. The Hall–Kier alpha value is -0.610. The van der Waals surface area contributed by atoms with Gasteiger partial charge in [0.2, 0.25) is 0 Å². The zero-order valence-corrected chi connectivity index (χ0v) is 9.12. The largest absolute Gasteiger partial charge is 0.388 e. The second kappa shape index (κ2) is 5.32. The second-order valence-corrected chi connectivity index (χ2v) is 4.15. The van der Waals surface area contributed by atoms with Gasteiger partial charge in [0, 0.05) is 19.5 Å². The van der Waals surface area contributed by atoms with Crippen molar-refractivity contribution in [2.45, 2.75) is 38.9 Å². The molecular formula is C10H21N3O. The molecule has 14 heavy (non-hydrogen) atoms. The minimum atomic E-state index is 0.291. The zero-order chi connectivity index (χ0) is 10.6. The second-order valence-electron chi connectivity index (χ2n) is 4.15. The van der Waals surface area contributed by atoms with Crippen molar-refractivity contribution in [2.75, 3.05) is 19.6 Å². The lowest BCUT2D eigenvalue weighted by atomic mass is 10.2. The van der Waals surface area contributed by atoms with E-state index in [1.807, 2.05) is 0 Å². The van der Waals surface area contributed by atoms with Crippen LogP contribution in [0.3, 0.4) is 0 Å². The molecule has 0 bridgehead atoms. The van der Waals surface area contributed by atoms with Gasteiger partial charge in [-0.25, -0.2) is 0 Å². The van der Waals surface area contributed by atoms with Gasteiger partial charge in [0.1, 0.15) is 0 Å². The molecule has 2 atom stereocenters. The van der Waals surface area contributed by atoms with Crippen molar-refractivity contribution in [2.24, 2.45) is 5.73 Å². The number of morpholine rings is 1. The predicted molar refractivity (Wildman–Crippen MR) is 57.6 cm³/mol. The van der Waals surface area contributed by atoms with Gasteiger partial charge in [0.25, 0.3) is 0 Å². The molecule has 4 heteroatoms. The van der Waals surface area contributed by atoms with E-state index in [0.717, 1.165) is 26.1 Å². The predicted octanol–water partition coefficient (Wildman–Crippen LogP) is 0.812. The number of nitrogens with zero attached hydrogens (tertiary/aromatic N) is 1. The third-order valence-corrected chi connectivity index (χ3v) is 2.42. The van der Waals surface area contributed by atoms with E-state index in [9.17, 15) is 0 Å². The molecule has 1 rings (SSSR count). The summed E-state index contributed by atoms with van der Waals surface area (Å²) in [5.41, 5.74) is 5.30. The molecule has 1 fully saturated rings. The molecule has 0 amide bonds. The number of amidine groups is 1. The molecule has 1 heterocycles. The minimum absolute atomic E-state index is 0.291. The summed E-state index contributed by atoms with van der Waals surface area (Å²) in [6.07, 6.45) is 2.35. The van der Waals surface area contributed by atoms with Crippen molar-refractivity contribution in [1.82, 2.24) is 4.90 Å². The van der Waals surface area contributed by atoms with Crippen LogP contribution >= 0.6 is 0 Å². The standard InChI is InChI=1S/C10H21N3O/c1-8-6-13(7-9(2)14-8)5-3-4-10(11)12/h8-9H,3-7H2,1-2H3,(H3,11,12). The first-order valence-corrected chi connectivity index (χ1v) is 5.28. The lowest BCUT2D eigenvalue weighted by Gasteiger charge is -2.35. The third kappa shape index (κ3) is 4.07.